The number of aryl methyl sites for hydroxylation is 1. The molecule has 0 amide bonds. The van der Waals surface area contributed by atoms with Gasteiger partial charge in [0.1, 0.15) is 0 Å². The van der Waals surface area contributed by atoms with Crippen LogP contribution in [0.5, 0.6) is 5.88 Å². The van der Waals surface area contributed by atoms with Gasteiger partial charge in [0.2, 0.25) is 5.88 Å². The van der Waals surface area contributed by atoms with E-state index in [-0.39, 0.29) is 0 Å². The molecule has 3 nitrogen and oxygen atoms in total. The van der Waals surface area contributed by atoms with Crippen molar-refractivity contribution in [3.05, 3.63) is 71.9 Å². The van der Waals surface area contributed by atoms with Gasteiger partial charge in [0.15, 0.2) is 0 Å². The Hall–Kier alpha value is -2.67. The number of ether oxygens (including phenoxy) is 1. The predicted molar refractivity (Wildman–Crippen MR) is 109 cm³/mol. The van der Waals surface area contributed by atoms with E-state index < -0.39 is 11.7 Å². The number of alkyl halides is 3. The van der Waals surface area contributed by atoms with Gasteiger partial charge >= 0.3 is 6.18 Å². The molecule has 0 radical (unpaired) electrons. The molecule has 2 heterocycles. The Morgan fingerprint density at radius 2 is 1.93 bits per heavy atom. The fourth-order valence-electron chi connectivity index (χ4n) is 3.43. The number of hydrogen-bond acceptors (Lipinski definition) is 4. The fraction of sp³-hybridized carbons (Fsp3) is 0.227. The lowest BCUT2D eigenvalue weighted by Gasteiger charge is -2.30. The normalized spacial score (nSPS) is 13.9. The molecule has 0 fully saturated rings. The second-order valence-electron chi connectivity index (χ2n) is 6.73. The molecule has 0 saturated heterocycles. The summed E-state index contributed by atoms with van der Waals surface area (Å²) in [7, 11) is 1.58. The number of nitrogens with zero attached hydrogens (tertiary/aromatic N) is 2. The van der Waals surface area contributed by atoms with Crippen LogP contribution in [-0.4, -0.2) is 18.6 Å². The highest BCUT2D eigenvalue weighted by atomic mass is 32.2. The lowest BCUT2D eigenvalue weighted by molar-refractivity contribution is -0.137. The lowest BCUT2D eigenvalue weighted by Crippen LogP contribution is -2.22. The Balaban J connectivity index is 1.68. The van der Waals surface area contributed by atoms with Crippen LogP contribution in [0, 0.1) is 0 Å². The molecule has 2 aromatic carbocycles. The summed E-state index contributed by atoms with van der Waals surface area (Å²) in [6.07, 6.45) is -0.773. The van der Waals surface area contributed by atoms with Gasteiger partial charge in [-0.05, 0) is 72.3 Å². The summed E-state index contributed by atoms with van der Waals surface area (Å²) in [5, 5.41) is 0. The molecule has 0 spiro atoms. The van der Waals surface area contributed by atoms with Gasteiger partial charge in [0, 0.05) is 23.2 Å². The van der Waals surface area contributed by atoms with Crippen molar-refractivity contribution in [1.29, 1.82) is 0 Å². The zero-order valence-electron chi connectivity index (χ0n) is 15.7. The maximum atomic E-state index is 13.1. The third kappa shape index (κ3) is 4.19. The van der Waals surface area contributed by atoms with Gasteiger partial charge in [0.05, 0.1) is 18.4 Å². The molecule has 0 aliphatic carbocycles. The summed E-state index contributed by atoms with van der Waals surface area (Å²) in [5.74, 6) is 0.542. The molecule has 0 N–H and O–H groups in total. The minimum atomic E-state index is -4.35. The highest BCUT2D eigenvalue weighted by molar-refractivity contribution is 8.00. The molecule has 1 aliphatic rings. The van der Waals surface area contributed by atoms with Crippen LogP contribution in [0.15, 0.2) is 65.7 Å². The van der Waals surface area contributed by atoms with Gasteiger partial charge in [-0.15, -0.1) is 0 Å². The average Bonchev–Trinajstić information content (AvgIpc) is 2.73. The summed E-state index contributed by atoms with van der Waals surface area (Å²) in [6.45, 7) is 0.765. The quantitative estimate of drug-likeness (QED) is 0.471. The second kappa shape index (κ2) is 7.99. The Bertz CT molecular complexity index is 1020. The number of anilines is 1. The Labute approximate surface area is 171 Å². The van der Waals surface area contributed by atoms with Crippen molar-refractivity contribution < 1.29 is 17.9 Å². The number of aromatic nitrogens is 1. The van der Waals surface area contributed by atoms with E-state index >= 15 is 0 Å². The predicted octanol–water partition coefficient (Wildman–Crippen LogP) is 6.24. The lowest BCUT2D eigenvalue weighted by atomic mass is 9.98. The van der Waals surface area contributed by atoms with Crippen LogP contribution in [0.1, 0.15) is 17.5 Å². The molecule has 0 atom stereocenters. The summed E-state index contributed by atoms with van der Waals surface area (Å²) in [5.41, 5.74) is 3.41. The average molecular weight is 416 g/mol. The van der Waals surface area contributed by atoms with Gasteiger partial charge < -0.3 is 9.04 Å². The van der Waals surface area contributed by atoms with E-state index in [0.29, 0.717) is 10.8 Å². The number of benzene rings is 2. The van der Waals surface area contributed by atoms with E-state index in [2.05, 4.69) is 21.4 Å². The van der Waals surface area contributed by atoms with Gasteiger partial charge in [-0.25, -0.2) is 4.98 Å². The van der Waals surface area contributed by atoms with E-state index in [4.69, 9.17) is 4.74 Å². The van der Waals surface area contributed by atoms with Crippen LogP contribution in [0.3, 0.4) is 0 Å². The number of rotatable bonds is 4. The molecular formula is C22H19F3N2OS. The molecule has 7 heteroatoms. The second-order valence-corrected chi connectivity index (χ2v) is 7.82. The first kappa shape index (κ1) is 19.6. The Morgan fingerprint density at radius 1 is 1.07 bits per heavy atom. The number of fused-ring (bicyclic) bond motifs is 1. The molecule has 1 aromatic heterocycles. The van der Waals surface area contributed by atoms with Crippen molar-refractivity contribution in [2.75, 3.05) is 18.0 Å². The smallest absolute Gasteiger partial charge is 0.416 e. The fourth-order valence-corrected chi connectivity index (χ4v) is 4.50. The molecule has 0 saturated carbocycles. The zero-order chi connectivity index (χ0) is 20.4. The van der Waals surface area contributed by atoms with Gasteiger partial charge in [0.25, 0.3) is 0 Å². The van der Waals surface area contributed by atoms with Crippen molar-refractivity contribution in [3.8, 4) is 17.0 Å². The van der Waals surface area contributed by atoms with E-state index in [1.165, 1.54) is 29.6 Å². The first-order valence-electron chi connectivity index (χ1n) is 9.21. The summed E-state index contributed by atoms with van der Waals surface area (Å²) in [4.78, 5) is 4.82. The Kier molecular flexibility index (Phi) is 5.41. The summed E-state index contributed by atoms with van der Waals surface area (Å²) in [6, 6.07) is 15.4. The van der Waals surface area contributed by atoms with Crippen molar-refractivity contribution in [3.63, 3.8) is 0 Å². The van der Waals surface area contributed by atoms with Gasteiger partial charge in [-0.1, -0.05) is 18.2 Å². The third-order valence-electron chi connectivity index (χ3n) is 4.81. The number of methoxy groups -OCH3 is 1. The maximum absolute atomic E-state index is 13.1. The van der Waals surface area contributed by atoms with E-state index in [1.807, 2.05) is 18.2 Å². The molecule has 29 heavy (non-hydrogen) atoms. The largest absolute Gasteiger partial charge is 0.481 e. The van der Waals surface area contributed by atoms with E-state index in [0.717, 1.165) is 42.3 Å². The Morgan fingerprint density at radius 3 is 2.72 bits per heavy atom. The van der Waals surface area contributed by atoms with E-state index in [1.54, 1.807) is 19.4 Å². The maximum Gasteiger partial charge on any atom is 0.416 e. The van der Waals surface area contributed by atoms with Crippen LogP contribution < -0.4 is 9.04 Å². The summed E-state index contributed by atoms with van der Waals surface area (Å²) >= 11 is 1.34. The van der Waals surface area contributed by atoms with Crippen molar-refractivity contribution in [1.82, 2.24) is 4.98 Å². The SMILES string of the molecule is COc1ncccc1-c1ccc2c(c1)N(Sc1cccc(C(F)(F)F)c1)CCC2. The molecule has 0 unspecified atom stereocenters. The topological polar surface area (TPSA) is 25.4 Å². The standard InChI is InChI=1S/C22H19F3N2OS/c1-28-21-19(8-3-11-26-21)16-10-9-15-5-4-12-27(20(15)13-16)29-18-7-2-6-17(14-18)22(23,24)25/h2-3,6-11,13-14H,4-5,12H2,1H3. The number of hydrogen-bond donors (Lipinski definition) is 0. The summed E-state index contributed by atoms with van der Waals surface area (Å²) < 4.78 is 46.6. The van der Waals surface area contributed by atoms with Gasteiger partial charge in [-0.3, -0.25) is 0 Å². The van der Waals surface area contributed by atoms with Crippen molar-refractivity contribution in [2.45, 2.75) is 23.9 Å². The highest BCUT2D eigenvalue weighted by Gasteiger charge is 2.30. The molecular weight excluding hydrogens is 397 g/mol. The number of halogens is 3. The third-order valence-corrected chi connectivity index (χ3v) is 5.88. The van der Waals surface area contributed by atoms with Crippen LogP contribution in [0.2, 0.25) is 0 Å². The minimum absolute atomic E-state index is 0.542. The molecule has 3 aromatic rings. The van der Waals surface area contributed by atoms with E-state index in [9.17, 15) is 13.2 Å². The number of pyridine rings is 1. The molecule has 150 valence electrons. The van der Waals surface area contributed by atoms with Crippen LogP contribution >= 0.6 is 11.9 Å². The zero-order valence-corrected chi connectivity index (χ0v) is 16.6. The van der Waals surface area contributed by atoms with Crippen LogP contribution in [0.25, 0.3) is 11.1 Å². The van der Waals surface area contributed by atoms with Crippen molar-refractivity contribution in [2.24, 2.45) is 0 Å². The van der Waals surface area contributed by atoms with Crippen LogP contribution in [-0.2, 0) is 12.6 Å². The monoisotopic (exact) mass is 416 g/mol. The first-order valence-corrected chi connectivity index (χ1v) is 9.98. The first-order chi connectivity index (χ1) is 14.0. The van der Waals surface area contributed by atoms with Crippen molar-refractivity contribution >= 4 is 17.6 Å². The molecule has 1 aliphatic heterocycles. The highest BCUT2D eigenvalue weighted by Crippen LogP contribution is 2.40. The van der Waals surface area contributed by atoms with Crippen LogP contribution in [0.4, 0.5) is 18.9 Å². The molecule has 0 bridgehead atoms. The van der Waals surface area contributed by atoms with Gasteiger partial charge in [-0.2, -0.15) is 13.2 Å². The molecule has 4 rings (SSSR count). The minimum Gasteiger partial charge on any atom is -0.481 e.